The zero-order valence-electron chi connectivity index (χ0n) is 13.7. The van der Waals surface area contributed by atoms with Crippen molar-refractivity contribution in [3.05, 3.63) is 69.8 Å². The summed E-state index contributed by atoms with van der Waals surface area (Å²) in [6.07, 6.45) is -0.820. The Hall–Kier alpha value is -3.42. The lowest BCUT2D eigenvalue weighted by Crippen LogP contribution is -2.47. The summed E-state index contributed by atoms with van der Waals surface area (Å²) in [6.45, 7) is 3.49. The fourth-order valence-electron chi connectivity index (χ4n) is 1.90. The highest BCUT2D eigenvalue weighted by molar-refractivity contribution is 5.95. The number of carbonyl (C=O) groups is 2. The molecule has 1 unspecified atom stereocenters. The third kappa shape index (κ3) is 5.03. The Bertz CT molecular complexity index is 772. The number of nitrogens with one attached hydrogen (secondary N) is 2. The predicted octanol–water partition coefficient (Wildman–Crippen LogP) is 2.13. The van der Waals surface area contributed by atoms with Gasteiger partial charge in [-0.1, -0.05) is 17.7 Å². The molecule has 8 nitrogen and oxygen atoms in total. The van der Waals surface area contributed by atoms with Crippen LogP contribution in [0, 0.1) is 17.0 Å². The molecule has 8 heteroatoms. The summed E-state index contributed by atoms with van der Waals surface area (Å²) in [7, 11) is 0. The van der Waals surface area contributed by atoms with Crippen LogP contribution in [0.5, 0.6) is 5.75 Å². The number of hydrazine groups is 1. The molecule has 25 heavy (non-hydrogen) atoms. The lowest BCUT2D eigenvalue weighted by atomic mass is 10.2. The third-order valence-electron chi connectivity index (χ3n) is 3.34. The molecule has 0 aromatic heterocycles. The summed E-state index contributed by atoms with van der Waals surface area (Å²) in [4.78, 5) is 33.9. The van der Waals surface area contributed by atoms with Crippen molar-refractivity contribution < 1.29 is 19.2 Å². The lowest BCUT2D eigenvalue weighted by Gasteiger charge is -2.15. The van der Waals surface area contributed by atoms with Gasteiger partial charge in [0, 0.05) is 17.7 Å². The van der Waals surface area contributed by atoms with Crippen molar-refractivity contribution in [1.29, 1.82) is 0 Å². The average molecular weight is 343 g/mol. The second-order valence-electron chi connectivity index (χ2n) is 5.32. The van der Waals surface area contributed by atoms with Gasteiger partial charge in [0.05, 0.1) is 4.92 Å². The SMILES string of the molecule is Cc1ccc(OC(C)C(=O)NNC(=O)c2ccc([N+](=O)[O-])cc2)cc1. The summed E-state index contributed by atoms with van der Waals surface area (Å²) in [6, 6.07) is 12.2. The number of ether oxygens (including phenoxy) is 1. The first-order valence-electron chi connectivity index (χ1n) is 7.45. The summed E-state index contributed by atoms with van der Waals surface area (Å²) in [5, 5.41) is 10.6. The predicted molar refractivity (Wildman–Crippen MR) is 90.0 cm³/mol. The topological polar surface area (TPSA) is 111 Å². The molecule has 2 aromatic rings. The standard InChI is InChI=1S/C17H17N3O5/c1-11-3-9-15(10-4-11)25-12(2)16(21)18-19-17(22)13-5-7-14(8-6-13)20(23)24/h3-10,12H,1-2H3,(H,18,21)(H,19,22). The van der Waals surface area contributed by atoms with Crippen LogP contribution in [-0.4, -0.2) is 22.8 Å². The Kier molecular flexibility index (Phi) is 5.67. The van der Waals surface area contributed by atoms with Crippen LogP contribution < -0.4 is 15.6 Å². The number of nitro groups is 1. The Morgan fingerprint density at radius 3 is 2.20 bits per heavy atom. The van der Waals surface area contributed by atoms with E-state index in [9.17, 15) is 19.7 Å². The van der Waals surface area contributed by atoms with Crippen molar-refractivity contribution in [2.45, 2.75) is 20.0 Å². The maximum Gasteiger partial charge on any atom is 0.279 e. The molecule has 2 N–H and O–H groups in total. The zero-order valence-corrected chi connectivity index (χ0v) is 13.7. The summed E-state index contributed by atoms with van der Waals surface area (Å²) in [5.41, 5.74) is 5.61. The van der Waals surface area contributed by atoms with E-state index in [1.54, 1.807) is 19.1 Å². The van der Waals surface area contributed by atoms with Crippen LogP contribution in [0.1, 0.15) is 22.8 Å². The maximum atomic E-state index is 12.0. The third-order valence-corrected chi connectivity index (χ3v) is 3.34. The zero-order chi connectivity index (χ0) is 18.4. The molecule has 130 valence electrons. The molecule has 0 saturated carbocycles. The first kappa shape index (κ1) is 17.9. The van der Waals surface area contributed by atoms with Crippen molar-refractivity contribution in [3.63, 3.8) is 0 Å². The maximum absolute atomic E-state index is 12.0. The molecule has 1 atom stereocenters. The first-order valence-corrected chi connectivity index (χ1v) is 7.45. The quantitative estimate of drug-likeness (QED) is 0.638. The molecule has 2 amide bonds. The number of hydrogen-bond donors (Lipinski definition) is 2. The lowest BCUT2D eigenvalue weighted by molar-refractivity contribution is -0.384. The number of hydrogen-bond acceptors (Lipinski definition) is 5. The van der Waals surface area contributed by atoms with Gasteiger partial charge in [0.25, 0.3) is 17.5 Å². The van der Waals surface area contributed by atoms with E-state index in [1.807, 2.05) is 19.1 Å². The molecule has 0 spiro atoms. The van der Waals surface area contributed by atoms with Gasteiger partial charge in [-0.15, -0.1) is 0 Å². The number of nitro benzene ring substituents is 1. The molecule has 0 fully saturated rings. The number of benzene rings is 2. The highest BCUT2D eigenvalue weighted by Crippen LogP contribution is 2.13. The minimum absolute atomic E-state index is 0.124. The number of carbonyl (C=O) groups excluding carboxylic acids is 2. The van der Waals surface area contributed by atoms with E-state index in [0.717, 1.165) is 5.56 Å². The summed E-state index contributed by atoms with van der Waals surface area (Å²) in [5.74, 6) is -0.587. The molecular formula is C17H17N3O5. The van der Waals surface area contributed by atoms with Gasteiger partial charge >= 0.3 is 0 Å². The summed E-state index contributed by atoms with van der Waals surface area (Å²) < 4.78 is 5.47. The second-order valence-corrected chi connectivity index (χ2v) is 5.32. The number of nitrogens with zero attached hydrogens (tertiary/aromatic N) is 1. The van der Waals surface area contributed by atoms with Gasteiger partial charge < -0.3 is 4.74 Å². The number of non-ortho nitro benzene ring substituents is 1. The molecule has 0 bridgehead atoms. The van der Waals surface area contributed by atoms with Crippen molar-refractivity contribution in [2.75, 3.05) is 0 Å². The Balaban J connectivity index is 1.86. The normalized spacial score (nSPS) is 11.3. The van der Waals surface area contributed by atoms with E-state index in [4.69, 9.17) is 4.74 Å². The smallest absolute Gasteiger partial charge is 0.279 e. The van der Waals surface area contributed by atoms with Crippen LogP contribution >= 0.6 is 0 Å². The second kappa shape index (κ2) is 7.91. The van der Waals surface area contributed by atoms with Crippen LogP contribution in [0.25, 0.3) is 0 Å². The molecule has 0 aliphatic rings. The fourth-order valence-corrected chi connectivity index (χ4v) is 1.90. The average Bonchev–Trinajstić information content (AvgIpc) is 2.61. The fraction of sp³-hybridized carbons (Fsp3) is 0.176. The molecule has 0 heterocycles. The van der Waals surface area contributed by atoms with E-state index < -0.39 is 22.8 Å². The van der Waals surface area contributed by atoms with Crippen molar-refractivity contribution in [3.8, 4) is 5.75 Å². The van der Waals surface area contributed by atoms with Crippen molar-refractivity contribution in [1.82, 2.24) is 10.9 Å². The van der Waals surface area contributed by atoms with Crippen LogP contribution in [0.2, 0.25) is 0 Å². The molecule has 2 rings (SSSR count). The van der Waals surface area contributed by atoms with Crippen LogP contribution in [0.4, 0.5) is 5.69 Å². The van der Waals surface area contributed by atoms with Gasteiger partial charge in [0.15, 0.2) is 6.10 Å². The van der Waals surface area contributed by atoms with Gasteiger partial charge in [-0.25, -0.2) is 0 Å². The highest BCUT2D eigenvalue weighted by Gasteiger charge is 2.16. The first-order chi connectivity index (χ1) is 11.9. The molecular weight excluding hydrogens is 326 g/mol. The van der Waals surface area contributed by atoms with Crippen LogP contribution in [0.3, 0.4) is 0 Å². The monoisotopic (exact) mass is 343 g/mol. The van der Waals surface area contributed by atoms with Gasteiger partial charge in [0.2, 0.25) is 0 Å². The molecule has 0 aliphatic carbocycles. The highest BCUT2D eigenvalue weighted by atomic mass is 16.6. The van der Waals surface area contributed by atoms with Crippen LogP contribution in [-0.2, 0) is 4.79 Å². The van der Waals surface area contributed by atoms with Gasteiger partial charge in [-0.2, -0.15) is 0 Å². The van der Waals surface area contributed by atoms with Crippen LogP contribution in [0.15, 0.2) is 48.5 Å². The summed E-state index contributed by atoms with van der Waals surface area (Å²) >= 11 is 0. The number of rotatable bonds is 5. The van der Waals surface area contributed by atoms with E-state index >= 15 is 0 Å². The molecule has 2 aromatic carbocycles. The minimum Gasteiger partial charge on any atom is -0.481 e. The van der Waals surface area contributed by atoms with E-state index in [0.29, 0.717) is 5.75 Å². The Morgan fingerprint density at radius 2 is 1.64 bits per heavy atom. The molecule has 0 radical (unpaired) electrons. The Morgan fingerprint density at radius 1 is 1.04 bits per heavy atom. The van der Waals surface area contributed by atoms with Crippen molar-refractivity contribution in [2.24, 2.45) is 0 Å². The number of amides is 2. The number of aryl methyl sites for hydroxylation is 1. The molecule has 0 aliphatic heterocycles. The van der Waals surface area contributed by atoms with Gasteiger partial charge in [-0.3, -0.25) is 30.6 Å². The van der Waals surface area contributed by atoms with E-state index in [2.05, 4.69) is 10.9 Å². The van der Waals surface area contributed by atoms with Crippen molar-refractivity contribution >= 4 is 17.5 Å². The van der Waals surface area contributed by atoms with Gasteiger partial charge in [-0.05, 0) is 38.1 Å². The molecule has 0 saturated heterocycles. The largest absolute Gasteiger partial charge is 0.481 e. The minimum atomic E-state index is -0.820. The van der Waals surface area contributed by atoms with E-state index in [-0.39, 0.29) is 11.3 Å². The van der Waals surface area contributed by atoms with Gasteiger partial charge in [0.1, 0.15) is 5.75 Å². The van der Waals surface area contributed by atoms with E-state index in [1.165, 1.54) is 24.3 Å². The Labute approximate surface area is 143 Å².